The molecular weight excluding hydrogens is 232 g/mol. The molecule has 16 heavy (non-hydrogen) atoms. The van der Waals surface area contributed by atoms with Crippen molar-refractivity contribution < 1.29 is 4.92 Å². The lowest BCUT2D eigenvalue weighted by Gasteiger charge is -2.06. The fourth-order valence-corrected chi connectivity index (χ4v) is 1.34. The van der Waals surface area contributed by atoms with Crippen LogP contribution < -0.4 is 5.43 Å². The zero-order valence-corrected chi connectivity index (χ0v) is 8.76. The van der Waals surface area contributed by atoms with Crippen molar-refractivity contribution in [2.45, 2.75) is 0 Å². The molecule has 0 unspecified atom stereocenters. The van der Waals surface area contributed by atoms with Crippen molar-refractivity contribution in [3.8, 4) is 0 Å². The molecule has 0 saturated heterocycles. The highest BCUT2D eigenvalue weighted by molar-refractivity contribution is 6.30. The molecule has 0 fully saturated rings. The molecule has 0 bridgehead atoms. The maximum atomic E-state index is 10.8. The smallest absolute Gasteiger partial charge is 0.272 e. The van der Waals surface area contributed by atoms with E-state index in [1.807, 2.05) is 0 Å². The van der Waals surface area contributed by atoms with Crippen molar-refractivity contribution in [1.29, 1.82) is 0 Å². The standard InChI is InChI=1S/C9H7ClN4O2/c10-7-5-8(14(15)16)9(11-6-7)12-13-3-1-2-4-13/h1-6H,(H,11,12). The first-order valence-electron chi connectivity index (χ1n) is 4.37. The summed E-state index contributed by atoms with van der Waals surface area (Å²) in [6.07, 6.45) is 4.76. The fourth-order valence-electron chi connectivity index (χ4n) is 1.19. The Balaban J connectivity index is 2.36. The molecule has 0 spiro atoms. The number of aromatic nitrogens is 2. The molecule has 0 aliphatic heterocycles. The predicted octanol–water partition coefficient (Wildman–Crippen LogP) is 2.32. The van der Waals surface area contributed by atoms with E-state index in [0.717, 1.165) is 0 Å². The SMILES string of the molecule is O=[N+]([O-])c1cc(Cl)cnc1Nn1cccc1. The normalized spacial score (nSPS) is 10.1. The van der Waals surface area contributed by atoms with Gasteiger partial charge in [0, 0.05) is 24.7 Å². The zero-order chi connectivity index (χ0) is 11.5. The third-order valence-electron chi connectivity index (χ3n) is 1.87. The zero-order valence-electron chi connectivity index (χ0n) is 8.00. The largest absolute Gasteiger partial charge is 0.314 e. The number of nitro groups is 1. The van der Waals surface area contributed by atoms with Gasteiger partial charge in [0.2, 0.25) is 5.82 Å². The van der Waals surface area contributed by atoms with Crippen LogP contribution in [0.15, 0.2) is 36.8 Å². The van der Waals surface area contributed by atoms with Crippen molar-refractivity contribution in [2.75, 3.05) is 5.43 Å². The van der Waals surface area contributed by atoms with Crippen LogP contribution in [-0.2, 0) is 0 Å². The van der Waals surface area contributed by atoms with E-state index in [1.54, 1.807) is 29.2 Å². The quantitative estimate of drug-likeness (QED) is 0.658. The van der Waals surface area contributed by atoms with Crippen LogP contribution >= 0.6 is 11.6 Å². The topological polar surface area (TPSA) is 73.0 Å². The summed E-state index contributed by atoms with van der Waals surface area (Å²) in [5.41, 5.74) is 2.60. The van der Waals surface area contributed by atoms with Crippen molar-refractivity contribution in [3.63, 3.8) is 0 Å². The van der Waals surface area contributed by atoms with Gasteiger partial charge in [0.25, 0.3) is 0 Å². The van der Waals surface area contributed by atoms with E-state index < -0.39 is 4.92 Å². The second-order valence-electron chi connectivity index (χ2n) is 2.98. The minimum Gasteiger partial charge on any atom is -0.272 e. The molecular formula is C9H7ClN4O2. The average Bonchev–Trinajstić information content (AvgIpc) is 2.73. The van der Waals surface area contributed by atoms with Gasteiger partial charge < -0.3 is 0 Å². The molecule has 0 aliphatic carbocycles. The van der Waals surface area contributed by atoms with E-state index in [2.05, 4.69) is 10.4 Å². The Morgan fingerprint density at radius 3 is 2.75 bits per heavy atom. The highest BCUT2D eigenvalue weighted by Gasteiger charge is 2.15. The van der Waals surface area contributed by atoms with Crippen LogP contribution in [0.1, 0.15) is 0 Å². The molecule has 0 atom stereocenters. The molecule has 2 rings (SSSR count). The van der Waals surface area contributed by atoms with Crippen LogP contribution in [0.2, 0.25) is 5.02 Å². The van der Waals surface area contributed by atoms with Gasteiger partial charge in [0.1, 0.15) is 0 Å². The summed E-state index contributed by atoms with van der Waals surface area (Å²) in [6, 6.07) is 4.82. The minimum atomic E-state index is -0.537. The Morgan fingerprint density at radius 1 is 1.44 bits per heavy atom. The number of halogens is 1. The second-order valence-corrected chi connectivity index (χ2v) is 3.42. The van der Waals surface area contributed by atoms with E-state index in [-0.39, 0.29) is 16.5 Å². The molecule has 82 valence electrons. The van der Waals surface area contributed by atoms with Gasteiger partial charge in [-0.1, -0.05) is 11.6 Å². The van der Waals surface area contributed by atoms with Gasteiger partial charge in [0.15, 0.2) is 0 Å². The molecule has 6 nitrogen and oxygen atoms in total. The number of rotatable bonds is 3. The van der Waals surface area contributed by atoms with Gasteiger partial charge in [-0.25, -0.2) is 4.98 Å². The van der Waals surface area contributed by atoms with Gasteiger partial charge in [0.05, 0.1) is 9.95 Å². The summed E-state index contributed by atoms with van der Waals surface area (Å²) in [4.78, 5) is 14.1. The molecule has 0 amide bonds. The lowest BCUT2D eigenvalue weighted by molar-refractivity contribution is -0.384. The van der Waals surface area contributed by atoms with Crippen LogP contribution in [0.4, 0.5) is 11.5 Å². The first-order chi connectivity index (χ1) is 7.66. The van der Waals surface area contributed by atoms with Crippen molar-refractivity contribution in [2.24, 2.45) is 0 Å². The molecule has 7 heteroatoms. The van der Waals surface area contributed by atoms with Crippen LogP contribution in [0.3, 0.4) is 0 Å². The van der Waals surface area contributed by atoms with E-state index in [0.29, 0.717) is 0 Å². The van der Waals surface area contributed by atoms with Gasteiger partial charge in [-0.15, -0.1) is 0 Å². The summed E-state index contributed by atoms with van der Waals surface area (Å²) in [5, 5.41) is 11.0. The van der Waals surface area contributed by atoms with Crippen molar-refractivity contribution in [3.05, 3.63) is 51.9 Å². The molecule has 2 heterocycles. The van der Waals surface area contributed by atoms with E-state index in [9.17, 15) is 10.1 Å². The van der Waals surface area contributed by atoms with E-state index in [1.165, 1.54) is 12.3 Å². The van der Waals surface area contributed by atoms with E-state index >= 15 is 0 Å². The Kier molecular flexibility index (Phi) is 2.74. The summed E-state index contributed by atoms with van der Waals surface area (Å²) >= 11 is 5.64. The van der Waals surface area contributed by atoms with Crippen LogP contribution in [0, 0.1) is 10.1 Å². The molecule has 0 aliphatic rings. The number of nitrogens with one attached hydrogen (secondary N) is 1. The van der Waals surface area contributed by atoms with Gasteiger partial charge in [-0.3, -0.25) is 20.2 Å². The summed E-state index contributed by atoms with van der Waals surface area (Å²) in [7, 11) is 0. The van der Waals surface area contributed by atoms with Crippen LogP contribution in [0.25, 0.3) is 0 Å². The highest BCUT2D eigenvalue weighted by atomic mass is 35.5. The monoisotopic (exact) mass is 238 g/mol. The number of anilines is 1. The lowest BCUT2D eigenvalue weighted by Crippen LogP contribution is -2.09. The molecule has 2 aromatic rings. The summed E-state index contributed by atoms with van der Waals surface area (Å²) in [5.74, 6) is 0.144. The Labute approximate surface area is 95.6 Å². The molecule has 2 aromatic heterocycles. The fraction of sp³-hybridized carbons (Fsp3) is 0. The third-order valence-corrected chi connectivity index (χ3v) is 2.08. The first kappa shape index (κ1) is 10.4. The number of hydrogen-bond donors (Lipinski definition) is 1. The average molecular weight is 239 g/mol. The number of hydrogen-bond acceptors (Lipinski definition) is 4. The number of pyridine rings is 1. The Hall–Kier alpha value is -2.08. The molecule has 0 aromatic carbocycles. The first-order valence-corrected chi connectivity index (χ1v) is 4.74. The van der Waals surface area contributed by atoms with Gasteiger partial charge >= 0.3 is 5.69 Å². The van der Waals surface area contributed by atoms with Gasteiger partial charge in [-0.05, 0) is 12.1 Å². The third kappa shape index (κ3) is 2.12. The van der Waals surface area contributed by atoms with Crippen molar-refractivity contribution >= 4 is 23.1 Å². The maximum absolute atomic E-state index is 10.8. The summed E-state index contributed by atoms with van der Waals surface area (Å²) < 4.78 is 1.56. The van der Waals surface area contributed by atoms with Crippen molar-refractivity contribution in [1.82, 2.24) is 9.66 Å². The van der Waals surface area contributed by atoms with Gasteiger partial charge in [-0.2, -0.15) is 0 Å². The molecule has 0 saturated carbocycles. The maximum Gasteiger partial charge on any atom is 0.314 e. The number of nitrogens with zero attached hydrogens (tertiary/aromatic N) is 3. The second kappa shape index (κ2) is 4.19. The predicted molar refractivity (Wildman–Crippen MR) is 59.4 cm³/mol. The van der Waals surface area contributed by atoms with Crippen LogP contribution in [0.5, 0.6) is 0 Å². The van der Waals surface area contributed by atoms with Crippen LogP contribution in [-0.4, -0.2) is 14.6 Å². The molecule has 1 N–H and O–H groups in total. The minimum absolute atomic E-state index is 0.144. The lowest BCUT2D eigenvalue weighted by atomic mass is 10.4. The molecule has 0 radical (unpaired) electrons. The Bertz CT molecular complexity index is 512. The highest BCUT2D eigenvalue weighted by Crippen LogP contribution is 2.24. The van der Waals surface area contributed by atoms with E-state index in [4.69, 9.17) is 11.6 Å². The Morgan fingerprint density at radius 2 is 2.12 bits per heavy atom. The summed E-state index contributed by atoms with van der Waals surface area (Å²) in [6.45, 7) is 0.